The highest BCUT2D eigenvalue weighted by Crippen LogP contribution is 2.47. The van der Waals surface area contributed by atoms with Gasteiger partial charge in [-0.25, -0.2) is 15.0 Å². The van der Waals surface area contributed by atoms with Gasteiger partial charge in [-0.1, -0.05) is 208 Å². The van der Waals surface area contributed by atoms with Crippen molar-refractivity contribution < 1.29 is 13.2 Å². The van der Waals surface area contributed by atoms with Gasteiger partial charge in [0.25, 0.3) is 0 Å². The minimum Gasteiger partial charge on any atom is -0.309 e. The molecule has 0 bridgehead atoms. The van der Waals surface area contributed by atoms with Gasteiger partial charge in [-0.05, 0) is 179 Å². The summed E-state index contributed by atoms with van der Waals surface area (Å²) < 4.78 is 51.9. The molecule has 0 aliphatic heterocycles. The standard InChI is InChI=1S/C84H64F3N5/c1-49-31-50(2)36-64(35-49)59-19-26-76-71(43-59)72-44-60(65-37-51(3)32-52(4)38-65)20-27-77(72)91(76)75-30-23-63(83-89-81(57-15-11-9-12-16-57)88-82(90-83)58-17-13-10-14-18-58)47-70(75)69-25-24-68(84(85,86)87)48-80(69)92-78-28-21-61(66-39-53(5)33-54(6)40-66)45-73(78)74-46-62(22-29-79(74)92)67-41-55(7)34-56(8)42-67/h9-48H,1-8H3. The number of aromatic nitrogens is 5. The molecule has 0 aliphatic carbocycles. The topological polar surface area (TPSA) is 48.5 Å². The number of rotatable bonds is 10. The maximum atomic E-state index is 15.8. The predicted octanol–water partition coefficient (Wildman–Crippen LogP) is 22.9. The van der Waals surface area contributed by atoms with E-state index in [4.69, 9.17) is 15.0 Å². The number of benzene rings is 12. The van der Waals surface area contributed by atoms with Gasteiger partial charge >= 0.3 is 6.18 Å². The average molecular weight is 1200 g/mol. The summed E-state index contributed by atoms with van der Waals surface area (Å²) in [7, 11) is 0. The van der Waals surface area contributed by atoms with Crippen LogP contribution in [0.5, 0.6) is 0 Å². The molecule has 15 rings (SSSR count). The summed E-state index contributed by atoms with van der Waals surface area (Å²) in [5.74, 6) is 1.39. The van der Waals surface area contributed by atoms with Crippen LogP contribution in [0.4, 0.5) is 13.2 Å². The molecule has 12 aromatic carbocycles. The lowest BCUT2D eigenvalue weighted by molar-refractivity contribution is -0.137. The number of hydrogen-bond donors (Lipinski definition) is 0. The minimum absolute atomic E-state index is 0.358. The van der Waals surface area contributed by atoms with Gasteiger partial charge in [0.15, 0.2) is 17.5 Å². The van der Waals surface area contributed by atoms with Crippen LogP contribution in [0, 0.1) is 55.4 Å². The summed E-state index contributed by atoms with van der Waals surface area (Å²) in [6.07, 6.45) is -4.69. The van der Waals surface area contributed by atoms with E-state index in [1.54, 1.807) is 6.07 Å². The van der Waals surface area contributed by atoms with Crippen molar-refractivity contribution in [3.63, 3.8) is 0 Å². The Morgan fingerprint density at radius 3 is 0.902 bits per heavy atom. The quantitative estimate of drug-likeness (QED) is 0.137. The number of nitrogens with zero attached hydrogens (tertiary/aromatic N) is 5. The van der Waals surface area contributed by atoms with E-state index >= 15 is 13.2 Å². The van der Waals surface area contributed by atoms with E-state index in [2.05, 4.69) is 218 Å². The lowest BCUT2D eigenvalue weighted by atomic mass is 9.96. The van der Waals surface area contributed by atoms with Gasteiger partial charge in [-0.15, -0.1) is 0 Å². The zero-order valence-corrected chi connectivity index (χ0v) is 52.5. The van der Waals surface area contributed by atoms with E-state index in [1.807, 2.05) is 71.3 Å². The van der Waals surface area contributed by atoms with Gasteiger partial charge in [0, 0.05) is 49.4 Å². The summed E-state index contributed by atoms with van der Waals surface area (Å²) in [4.78, 5) is 15.5. The Hall–Kier alpha value is -11.0. The van der Waals surface area contributed by atoms with Gasteiger partial charge in [0.2, 0.25) is 0 Å². The number of alkyl halides is 3. The van der Waals surface area contributed by atoms with Crippen molar-refractivity contribution in [2.24, 2.45) is 0 Å². The first-order valence-electron chi connectivity index (χ1n) is 31.2. The van der Waals surface area contributed by atoms with Crippen molar-refractivity contribution in [2.75, 3.05) is 0 Å². The van der Waals surface area contributed by atoms with Crippen LogP contribution in [0.3, 0.4) is 0 Å². The molecule has 92 heavy (non-hydrogen) atoms. The molecule has 0 N–H and O–H groups in total. The summed E-state index contributed by atoms with van der Waals surface area (Å²) in [5, 5.41) is 3.89. The van der Waals surface area contributed by atoms with E-state index < -0.39 is 11.7 Å². The zero-order chi connectivity index (χ0) is 63.3. The van der Waals surface area contributed by atoms with Crippen LogP contribution in [0.25, 0.3) is 145 Å². The summed E-state index contributed by atoms with van der Waals surface area (Å²) in [5.41, 5.74) is 25.0. The molecular weight excluding hydrogens is 1140 g/mol. The van der Waals surface area contributed by atoms with Gasteiger partial charge in [-0.3, -0.25) is 0 Å². The molecule has 8 heteroatoms. The Balaban J connectivity index is 1.05. The van der Waals surface area contributed by atoms with Gasteiger partial charge in [0.1, 0.15) is 0 Å². The van der Waals surface area contributed by atoms with E-state index in [0.717, 1.165) is 127 Å². The summed E-state index contributed by atoms with van der Waals surface area (Å²) in [6, 6.07) is 82.7. The molecule has 0 saturated carbocycles. The fourth-order valence-corrected chi connectivity index (χ4v) is 14.0. The molecule has 3 heterocycles. The summed E-state index contributed by atoms with van der Waals surface area (Å²) >= 11 is 0. The third-order valence-electron chi connectivity index (χ3n) is 17.8. The number of hydrogen-bond acceptors (Lipinski definition) is 3. The average Bonchev–Trinajstić information content (AvgIpc) is 1.55. The van der Waals surface area contributed by atoms with Crippen LogP contribution in [0.15, 0.2) is 243 Å². The van der Waals surface area contributed by atoms with Crippen LogP contribution in [0.1, 0.15) is 50.1 Å². The van der Waals surface area contributed by atoms with Crippen molar-refractivity contribution in [1.29, 1.82) is 0 Å². The SMILES string of the molecule is Cc1cc(C)cc(-c2ccc3c(c2)c2cc(-c4cc(C)cc(C)c4)ccc2n3-c2ccc(-c3nc(-c4ccccc4)nc(-c4ccccc4)n3)cc2-c2ccc(C(F)(F)F)cc2-n2c3ccc(-c4cc(C)cc(C)c4)cc3c3cc(-c4cc(C)cc(C)c4)ccc32)c1. The Kier molecular flexibility index (Phi) is 14.1. The first kappa shape index (κ1) is 57.5. The van der Waals surface area contributed by atoms with E-state index in [1.165, 1.54) is 34.4 Å². The van der Waals surface area contributed by atoms with Crippen LogP contribution >= 0.6 is 0 Å². The highest BCUT2D eigenvalue weighted by atomic mass is 19.4. The molecule has 5 nitrogen and oxygen atoms in total. The zero-order valence-electron chi connectivity index (χ0n) is 52.5. The van der Waals surface area contributed by atoms with Crippen molar-refractivity contribution in [3.8, 4) is 101 Å². The minimum atomic E-state index is -4.69. The predicted molar refractivity (Wildman–Crippen MR) is 375 cm³/mol. The van der Waals surface area contributed by atoms with Crippen LogP contribution in [-0.4, -0.2) is 24.1 Å². The van der Waals surface area contributed by atoms with E-state index in [9.17, 15) is 0 Å². The fraction of sp³-hybridized carbons (Fsp3) is 0.107. The second kappa shape index (κ2) is 22.5. The molecule has 0 spiro atoms. The maximum absolute atomic E-state index is 15.8. The largest absolute Gasteiger partial charge is 0.416 e. The molecule has 0 radical (unpaired) electrons. The fourth-order valence-electron chi connectivity index (χ4n) is 14.0. The lowest BCUT2D eigenvalue weighted by Crippen LogP contribution is -2.08. The second-order valence-electron chi connectivity index (χ2n) is 25.1. The first-order valence-corrected chi connectivity index (χ1v) is 31.2. The molecule has 0 amide bonds. The van der Waals surface area contributed by atoms with Crippen molar-refractivity contribution in [3.05, 3.63) is 293 Å². The van der Waals surface area contributed by atoms with Gasteiger partial charge in [-0.2, -0.15) is 13.2 Å². The highest BCUT2D eigenvalue weighted by Gasteiger charge is 2.33. The molecule has 15 aromatic rings. The second-order valence-corrected chi connectivity index (χ2v) is 25.1. The van der Waals surface area contributed by atoms with Crippen LogP contribution in [-0.2, 0) is 6.18 Å². The Labute approximate surface area is 533 Å². The van der Waals surface area contributed by atoms with E-state index in [-0.39, 0.29) is 0 Å². The third-order valence-corrected chi connectivity index (χ3v) is 17.8. The Morgan fingerprint density at radius 2 is 0.565 bits per heavy atom. The Morgan fingerprint density at radius 1 is 0.250 bits per heavy atom. The molecule has 0 atom stereocenters. The van der Waals surface area contributed by atoms with Crippen molar-refractivity contribution in [2.45, 2.75) is 61.6 Å². The van der Waals surface area contributed by atoms with Gasteiger partial charge < -0.3 is 9.13 Å². The van der Waals surface area contributed by atoms with E-state index in [0.29, 0.717) is 39.9 Å². The number of halogens is 3. The molecule has 0 aliphatic rings. The maximum Gasteiger partial charge on any atom is 0.416 e. The lowest BCUT2D eigenvalue weighted by Gasteiger charge is -2.21. The van der Waals surface area contributed by atoms with Crippen LogP contribution < -0.4 is 0 Å². The number of fused-ring (bicyclic) bond motifs is 6. The van der Waals surface area contributed by atoms with Crippen LogP contribution in [0.2, 0.25) is 0 Å². The van der Waals surface area contributed by atoms with Gasteiger partial charge in [0.05, 0.1) is 39.0 Å². The summed E-state index contributed by atoms with van der Waals surface area (Å²) in [6.45, 7) is 16.9. The first-order chi connectivity index (χ1) is 44.4. The smallest absolute Gasteiger partial charge is 0.309 e. The highest BCUT2D eigenvalue weighted by molar-refractivity contribution is 6.14. The molecule has 0 saturated heterocycles. The Bertz CT molecular complexity index is 5120. The third kappa shape index (κ3) is 10.6. The monoisotopic (exact) mass is 1200 g/mol. The van der Waals surface area contributed by atoms with Crippen molar-refractivity contribution >= 4 is 43.6 Å². The molecule has 0 unspecified atom stereocenters. The molecule has 0 fully saturated rings. The normalized spacial score (nSPS) is 11.9. The number of aryl methyl sites for hydroxylation is 8. The molecule has 3 aromatic heterocycles. The van der Waals surface area contributed by atoms with Crippen molar-refractivity contribution in [1.82, 2.24) is 24.1 Å². The molecular formula is C84H64F3N5. The molecule has 446 valence electrons.